The van der Waals surface area contributed by atoms with Gasteiger partial charge in [0, 0.05) is 5.39 Å². The topological polar surface area (TPSA) is 78.4 Å². The van der Waals surface area contributed by atoms with Crippen molar-refractivity contribution in [3.63, 3.8) is 0 Å². The molecule has 0 aromatic heterocycles. The van der Waals surface area contributed by atoms with Crippen LogP contribution in [0.15, 0.2) is 42.5 Å². The van der Waals surface area contributed by atoms with Crippen LogP contribution in [0.1, 0.15) is 96.8 Å². The van der Waals surface area contributed by atoms with Crippen molar-refractivity contribution in [3.8, 4) is 5.75 Å². The van der Waals surface area contributed by atoms with E-state index in [0.717, 1.165) is 23.6 Å². The second-order valence-electron chi connectivity index (χ2n) is 8.42. The molecule has 0 amide bonds. The fourth-order valence-corrected chi connectivity index (χ4v) is 4.98. The van der Waals surface area contributed by atoms with Crippen LogP contribution in [-0.4, -0.2) is 14.2 Å². The number of benzene rings is 2. The van der Waals surface area contributed by atoms with Gasteiger partial charge < -0.3 is 10.3 Å². The molecule has 0 bridgehead atoms. The van der Waals surface area contributed by atoms with E-state index < -0.39 is 10.1 Å². The Bertz CT molecular complexity index is 815. The molecule has 0 heterocycles. The third-order valence-corrected chi connectivity index (χ3v) is 6.94. The second-order valence-corrected chi connectivity index (χ2v) is 10.1. The largest absolute Gasteiger partial charge is 0.382 e. The van der Waals surface area contributed by atoms with Gasteiger partial charge in [-0.1, -0.05) is 127 Å². The quantitative estimate of drug-likeness (QED) is 0.195. The van der Waals surface area contributed by atoms with Crippen LogP contribution >= 0.6 is 0 Å². The average molecular weight is 450 g/mol. The maximum Gasteiger partial charge on any atom is 0.309 e. The monoisotopic (exact) mass is 449 g/mol. The molecule has 0 saturated heterocycles. The highest BCUT2D eigenvalue weighted by Gasteiger charge is 2.14. The average Bonchev–Trinajstić information content (AvgIpc) is 2.74. The Hall–Kier alpha value is -1.59. The van der Waals surface area contributed by atoms with E-state index in [1.807, 2.05) is 36.4 Å². The van der Waals surface area contributed by atoms with Crippen LogP contribution in [0, 0.1) is 0 Å². The highest BCUT2D eigenvalue weighted by Crippen LogP contribution is 2.26. The number of rotatable bonds is 17. The molecule has 5 heteroatoms. The normalized spacial score (nSPS) is 11.4. The molecule has 0 aliphatic heterocycles. The lowest BCUT2D eigenvalue weighted by Gasteiger charge is -2.09. The molecule has 176 valence electrons. The minimum Gasteiger partial charge on any atom is -0.382 e. The van der Waals surface area contributed by atoms with E-state index in [0.29, 0.717) is 12.2 Å². The molecule has 2 rings (SSSR count). The Balaban J connectivity index is 0.00000480. The molecule has 0 aliphatic carbocycles. The Morgan fingerprint density at radius 3 is 1.71 bits per heavy atom. The van der Waals surface area contributed by atoms with Gasteiger partial charge in [0.15, 0.2) is 0 Å². The summed E-state index contributed by atoms with van der Waals surface area (Å²) in [7, 11) is -3.54. The van der Waals surface area contributed by atoms with Crippen molar-refractivity contribution in [2.24, 2.45) is 0 Å². The van der Waals surface area contributed by atoms with Gasteiger partial charge in [0.2, 0.25) is 0 Å². The highest BCUT2D eigenvalue weighted by molar-refractivity contribution is 7.87. The Morgan fingerprint density at radius 2 is 1.13 bits per heavy atom. The molecule has 0 unspecified atom stereocenters. The molecular formula is C26H43NO3S. The maximum atomic E-state index is 12.3. The predicted octanol–water partition coefficient (Wildman–Crippen LogP) is 8.19. The van der Waals surface area contributed by atoms with Gasteiger partial charge in [0.05, 0.1) is 5.75 Å². The van der Waals surface area contributed by atoms with Gasteiger partial charge >= 0.3 is 10.1 Å². The highest BCUT2D eigenvalue weighted by atomic mass is 32.2. The van der Waals surface area contributed by atoms with Gasteiger partial charge in [0.25, 0.3) is 0 Å². The van der Waals surface area contributed by atoms with Gasteiger partial charge in [-0.05, 0) is 17.9 Å². The summed E-state index contributed by atoms with van der Waals surface area (Å²) in [6.07, 6.45) is 17.6. The van der Waals surface area contributed by atoms with Gasteiger partial charge in [0.1, 0.15) is 5.75 Å². The zero-order valence-electron chi connectivity index (χ0n) is 19.5. The number of hydrogen-bond acceptors (Lipinski definition) is 4. The van der Waals surface area contributed by atoms with Crippen molar-refractivity contribution in [1.29, 1.82) is 0 Å². The van der Waals surface area contributed by atoms with E-state index in [-0.39, 0.29) is 11.9 Å². The first-order chi connectivity index (χ1) is 14.6. The van der Waals surface area contributed by atoms with Gasteiger partial charge in [-0.25, -0.2) is 0 Å². The van der Waals surface area contributed by atoms with Crippen molar-refractivity contribution in [2.75, 3.05) is 5.75 Å². The number of fused-ring (bicyclic) bond motifs is 1. The summed E-state index contributed by atoms with van der Waals surface area (Å²) in [4.78, 5) is 0. The zero-order valence-corrected chi connectivity index (χ0v) is 20.3. The fraction of sp³-hybridized carbons (Fsp3) is 0.615. The lowest BCUT2D eigenvalue weighted by molar-refractivity contribution is 0.483. The molecule has 0 atom stereocenters. The summed E-state index contributed by atoms with van der Waals surface area (Å²) in [6.45, 7) is 2.26. The van der Waals surface area contributed by atoms with Crippen LogP contribution in [0.2, 0.25) is 0 Å². The summed E-state index contributed by atoms with van der Waals surface area (Å²) >= 11 is 0. The Labute approximate surface area is 190 Å². The molecule has 2 aromatic rings. The number of unbranched alkanes of at least 4 members (excludes halogenated alkanes) is 13. The lowest BCUT2D eigenvalue weighted by Crippen LogP contribution is -2.14. The van der Waals surface area contributed by atoms with E-state index in [9.17, 15) is 8.42 Å². The molecule has 0 aliphatic rings. The smallest absolute Gasteiger partial charge is 0.309 e. The molecule has 0 spiro atoms. The summed E-state index contributed by atoms with van der Waals surface area (Å²) in [5.74, 6) is 0.521. The van der Waals surface area contributed by atoms with Crippen molar-refractivity contribution in [1.82, 2.24) is 6.15 Å². The van der Waals surface area contributed by atoms with E-state index in [4.69, 9.17) is 4.18 Å². The predicted molar refractivity (Wildman–Crippen MR) is 134 cm³/mol. The van der Waals surface area contributed by atoms with Crippen LogP contribution < -0.4 is 10.3 Å². The second kappa shape index (κ2) is 16.1. The minimum absolute atomic E-state index is 0. The first-order valence-electron chi connectivity index (χ1n) is 12.0. The van der Waals surface area contributed by atoms with Crippen LogP contribution in [0.4, 0.5) is 0 Å². The molecule has 2 aromatic carbocycles. The molecule has 0 fully saturated rings. The van der Waals surface area contributed by atoms with E-state index >= 15 is 0 Å². The van der Waals surface area contributed by atoms with E-state index in [1.54, 1.807) is 6.07 Å². The van der Waals surface area contributed by atoms with E-state index in [1.165, 1.54) is 70.6 Å². The first-order valence-corrected chi connectivity index (χ1v) is 13.6. The summed E-state index contributed by atoms with van der Waals surface area (Å²) in [5.41, 5.74) is 0. The Kier molecular flexibility index (Phi) is 14.3. The van der Waals surface area contributed by atoms with Crippen LogP contribution in [0.5, 0.6) is 5.75 Å². The third-order valence-electron chi connectivity index (χ3n) is 5.71. The van der Waals surface area contributed by atoms with Gasteiger partial charge in [-0.3, -0.25) is 0 Å². The SMILES string of the molecule is CCCCCCCCCCCCCCCCS(=O)(=O)Oc1cccc2ccccc12.N. The molecule has 0 radical (unpaired) electrons. The van der Waals surface area contributed by atoms with Crippen molar-refractivity contribution < 1.29 is 12.6 Å². The van der Waals surface area contributed by atoms with Crippen molar-refractivity contribution in [2.45, 2.75) is 96.8 Å². The molecule has 0 saturated carbocycles. The summed E-state index contributed by atoms with van der Waals surface area (Å²) in [6, 6.07) is 13.2. The molecule has 4 nitrogen and oxygen atoms in total. The van der Waals surface area contributed by atoms with Crippen LogP contribution in [-0.2, 0) is 10.1 Å². The van der Waals surface area contributed by atoms with Gasteiger partial charge in [-0.2, -0.15) is 8.42 Å². The molecule has 31 heavy (non-hydrogen) atoms. The first kappa shape index (κ1) is 27.4. The van der Waals surface area contributed by atoms with Crippen molar-refractivity contribution in [3.05, 3.63) is 42.5 Å². The number of hydrogen-bond donors (Lipinski definition) is 1. The van der Waals surface area contributed by atoms with E-state index in [2.05, 4.69) is 6.92 Å². The Morgan fingerprint density at radius 1 is 0.645 bits per heavy atom. The summed E-state index contributed by atoms with van der Waals surface area (Å²) in [5, 5.41) is 1.83. The van der Waals surface area contributed by atoms with Crippen LogP contribution in [0.25, 0.3) is 10.8 Å². The minimum atomic E-state index is -3.54. The molecule has 3 N–H and O–H groups in total. The fourth-order valence-electron chi connectivity index (χ4n) is 3.92. The third kappa shape index (κ3) is 11.6. The standard InChI is InChI=1S/C26H40O3S.H3N/c1-2-3-4-5-6-7-8-9-10-11-12-13-14-17-23-30(27,28)29-26-22-18-20-24-19-15-16-21-25(24)26;/h15-16,18-22H,2-14,17,23H2,1H3;1H3. The zero-order chi connectivity index (χ0) is 21.5. The maximum absolute atomic E-state index is 12.3. The van der Waals surface area contributed by atoms with Crippen LogP contribution in [0.3, 0.4) is 0 Å². The van der Waals surface area contributed by atoms with Crippen molar-refractivity contribution >= 4 is 20.9 Å². The van der Waals surface area contributed by atoms with Gasteiger partial charge in [-0.15, -0.1) is 0 Å². The summed E-state index contributed by atoms with van der Waals surface area (Å²) < 4.78 is 30.1. The lowest BCUT2D eigenvalue weighted by atomic mass is 10.0. The molecular weight excluding hydrogens is 406 g/mol.